The molecule has 0 spiro atoms. The molecule has 15 heavy (non-hydrogen) atoms. The van der Waals surface area contributed by atoms with Crippen LogP contribution in [0.25, 0.3) is 0 Å². The summed E-state index contributed by atoms with van der Waals surface area (Å²) < 4.78 is 18.5. The quantitative estimate of drug-likeness (QED) is 0.576. The van der Waals surface area contributed by atoms with Gasteiger partial charge >= 0.3 is 0 Å². The molecule has 0 aliphatic carbocycles. The predicted molar refractivity (Wildman–Crippen MR) is 59.5 cm³/mol. The normalized spacial score (nSPS) is 10.0. The minimum absolute atomic E-state index is 0.283. The minimum Gasteiger partial charge on any atom is -0.493 e. The van der Waals surface area contributed by atoms with Crippen molar-refractivity contribution in [3.63, 3.8) is 0 Å². The smallest absolute Gasteiger partial charge is 0.127 e. The van der Waals surface area contributed by atoms with Crippen LogP contribution in [0.15, 0.2) is 30.9 Å². The van der Waals surface area contributed by atoms with E-state index >= 15 is 0 Å². The van der Waals surface area contributed by atoms with Gasteiger partial charge < -0.3 is 10.5 Å². The van der Waals surface area contributed by atoms with Crippen LogP contribution in [0.1, 0.15) is 12.0 Å². The van der Waals surface area contributed by atoms with Crippen LogP contribution in [0.4, 0.5) is 4.39 Å². The van der Waals surface area contributed by atoms with E-state index in [0.29, 0.717) is 25.3 Å². The molecular weight excluding hydrogens is 193 g/mol. The summed E-state index contributed by atoms with van der Waals surface area (Å²) in [6, 6.07) is 4.68. The average Bonchev–Trinajstić information content (AvgIpc) is 2.18. The van der Waals surface area contributed by atoms with Crippen molar-refractivity contribution in [3.05, 3.63) is 42.2 Å². The Kier molecular flexibility index (Phi) is 4.84. The summed E-state index contributed by atoms with van der Waals surface area (Å²) in [6.07, 6.45) is 3.18. The first kappa shape index (κ1) is 11.7. The van der Waals surface area contributed by atoms with Crippen LogP contribution in [-0.4, -0.2) is 13.2 Å². The Morgan fingerprint density at radius 3 is 2.87 bits per heavy atom. The third kappa shape index (κ3) is 4.13. The molecule has 0 saturated carbocycles. The van der Waals surface area contributed by atoms with Crippen molar-refractivity contribution in [2.75, 3.05) is 13.2 Å². The van der Waals surface area contributed by atoms with Gasteiger partial charge in [0.2, 0.25) is 0 Å². The zero-order chi connectivity index (χ0) is 11.1. The second kappa shape index (κ2) is 6.19. The second-order valence-corrected chi connectivity index (χ2v) is 3.26. The van der Waals surface area contributed by atoms with E-state index in [2.05, 4.69) is 6.58 Å². The topological polar surface area (TPSA) is 35.2 Å². The molecule has 0 heterocycles. The molecule has 0 bridgehead atoms. The summed E-state index contributed by atoms with van der Waals surface area (Å²) in [6.45, 7) is 4.62. The van der Waals surface area contributed by atoms with Gasteiger partial charge in [-0.2, -0.15) is 0 Å². The summed E-state index contributed by atoms with van der Waals surface area (Å²) in [5.74, 6) is 0.273. The van der Waals surface area contributed by atoms with Crippen LogP contribution in [0.5, 0.6) is 5.75 Å². The summed E-state index contributed by atoms with van der Waals surface area (Å²) in [4.78, 5) is 0. The molecule has 1 rings (SSSR count). The summed E-state index contributed by atoms with van der Waals surface area (Å²) in [7, 11) is 0. The fourth-order valence-corrected chi connectivity index (χ4v) is 1.28. The fraction of sp³-hybridized carbons (Fsp3) is 0.333. The van der Waals surface area contributed by atoms with E-state index in [-0.39, 0.29) is 5.82 Å². The Morgan fingerprint density at radius 2 is 2.20 bits per heavy atom. The van der Waals surface area contributed by atoms with Crippen LogP contribution < -0.4 is 10.5 Å². The number of ether oxygens (including phenoxy) is 1. The maximum Gasteiger partial charge on any atom is 0.127 e. The molecule has 0 amide bonds. The maximum absolute atomic E-state index is 13.1. The largest absolute Gasteiger partial charge is 0.493 e. The predicted octanol–water partition coefficient (Wildman–Crippen LogP) is 2.28. The molecule has 0 unspecified atom stereocenters. The van der Waals surface area contributed by atoms with Crippen LogP contribution in [0, 0.1) is 5.82 Å². The first-order chi connectivity index (χ1) is 7.26. The van der Waals surface area contributed by atoms with Gasteiger partial charge in [-0.1, -0.05) is 6.08 Å². The Labute approximate surface area is 89.6 Å². The zero-order valence-electron chi connectivity index (χ0n) is 8.71. The summed E-state index contributed by atoms with van der Waals surface area (Å²) >= 11 is 0. The highest BCUT2D eigenvalue weighted by atomic mass is 19.1. The Balaban J connectivity index is 2.65. The second-order valence-electron chi connectivity index (χ2n) is 3.26. The molecule has 0 saturated heterocycles. The molecule has 3 heteroatoms. The molecule has 2 nitrogen and oxygen atoms in total. The van der Waals surface area contributed by atoms with Crippen LogP contribution in [0.3, 0.4) is 0 Å². The molecule has 0 radical (unpaired) electrons. The molecule has 0 fully saturated rings. The van der Waals surface area contributed by atoms with E-state index in [1.807, 2.05) is 6.07 Å². The van der Waals surface area contributed by atoms with Gasteiger partial charge in [-0.15, -0.1) is 6.58 Å². The number of benzene rings is 1. The van der Waals surface area contributed by atoms with Crippen molar-refractivity contribution < 1.29 is 9.13 Å². The van der Waals surface area contributed by atoms with E-state index < -0.39 is 0 Å². The first-order valence-electron chi connectivity index (χ1n) is 4.99. The first-order valence-corrected chi connectivity index (χ1v) is 4.99. The lowest BCUT2D eigenvalue weighted by molar-refractivity contribution is 0.323. The third-order valence-corrected chi connectivity index (χ3v) is 1.95. The highest BCUT2D eigenvalue weighted by Gasteiger charge is 2.01. The highest BCUT2D eigenvalue weighted by Crippen LogP contribution is 2.16. The molecule has 1 aromatic rings. The van der Waals surface area contributed by atoms with E-state index in [9.17, 15) is 4.39 Å². The fourth-order valence-electron chi connectivity index (χ4n) is 1.28. The van der Waals surface area contributed by atoms with Gasteiger partial charge in [0.1, 0.15) is 11.6 Å². The number of hydrogen-bond acceptors (Lipinski definition) is 2. The Morgan fingerprint density at radius 1 is 1.40 bits per heavy atom. The molecule has 0 aromatic heterocycles. The minimum atomic E-state index is -0.283. The van der Waals surface area contributed by atoms with Crippen molar-refractivity contribution in [3.8, 4) is 5.75 Å². The molecular formula is C12H16FNO. The molecule has 0 aliphatic rings. The number of rotatable bonds is 6. The van der Waals surface area contributed by atoms with Crippen molar-refractivity contribution in [1.82, 2.24) is 0 Å². The van der Waals surface area contributed by atoms with Gasteiger partial charge in [-0.3, -0.25) is 0 Å². The van der Waals surface area contributed by atoms with Gasteiger partial charge in [0.25, 0.3) is 0 Å². The van der Waals surface area contributed by atoms with Gasteiger partial charge in [0.05, 0.1) is 6.61 Å². The third-order valence-electron chi connectivity index (χ3n) is 1.95. The molecule has 1 aromatic carbocycles. The van der Waals surface area contributed by atoms with E-state index in [0.717, 1.165) is 12.0 Å². The van der Waals surface area contributed by atoms with Crippen molar-refractivity contribution in [2.45, 2.75) is 12.8 Å². The molecule has 0 aliphatic heterocycles. The average molecular weight is 209 g/mol. The number of halogens is 1. The standard InChI is InChI=1S/C12H16FNO/c1-2-3-6-15-12-8-10(4-5-14)7-11(13)9-12/h2,7-9H,1,3-6,14H2. The van der Waals surface area contributed by atoms with Crippen molar-refractivity contribution in [1.29, 1.82) is 0 Å². The maximum atomic E-state index is 13.1. The highest BCUT2D eigenvalue weighted by molar-refractivity contribution is 5.29. The lowest BCUT2D eigenvalue weighted by Gasteiger charge is -2.07. The van der Waals surface area contributed by atoms with E-state index in [1.165, 1.54) is 12.1 Å². The monoisotopic (exact) mass is 209 g/mol. The van der Waals surface area contributed by atoms with Gasteiger partial charge in [0, 0.05) is 6.07 Å². The van der Waals surface area contributed by atoms with Gasteiger partial charge in [-0.05, 0) is 37.1 Å². The van der Waals surface area contributed by atoms with Crippen molar-refractivity contribution >= 4 is 0 Å². The molecule has 2 N–H and O–H groups in total. The van der Waals surface area contributed by atoms with E-state index in [1.54, 1.807) is 6.08 Å². The SMILES string of the molecule is C=CCCOc1cc(F)cc(CCN)c1. The summed E-state index contributed by atoms with van der Waals surface area (Å²) in [5.41, 5.74) is 6.27. The lowest BCUT2D eigenvalue weighted by Crippen LogP contribution is -2.04. The van der Waals surface area contributed by atoms with Crippen LogP contribution in [-0.2, 0) is 6.42 Å². The van der Waals surface area contributed by atoms with Gasteiger partial charge in [-0.25, -0.2) is 4.39 Å². The number of nitrogens with two attached hydrogens (primary N) is 1. The molecule has 82 valence electrons. The number of hydrogen-bond donors (Lipinski definition) is 1. The van der Waals surface area contributed by atoms with Crippen molar-refractivity contribution in [2.24, 2.45) is 5.73 Å². The zero-order valence-corrected chi connectivity index (χ0v) is 8.71. The van der Waals surface area contributed by atoms with E-state index in [4.69, 9.17) is 10.5 Å². The van der Waals surface area contributed by atoms with Crippen LogP contribution in [0.2, 0.25) is 0 Å². The Hall–Kier alpha value is -1.35. The Bertz CT molecular complexity index is 325. The molecule has 0 atom stereocenters. The van der Waals surface area contributed by atoms with Gasteiger partial charge in [0.15, 0.2) is 0 Å². The van der Waals surface area contributed by atoms with Crippen LogP contribution >= 0.6 is 0 Å². The summed E-state index contributed by atoms with van der Waals surface area (Å²) in [5, 5.41) is 0. The lowest BCUT2D eigenvalue weighted by atomic mass is 10.1.